The Bertz CT molecular complexity index is 410. The molecular weight excluding hydrogens is 476 g/mol. The third-order valence-electron chi connectivity index (χ3n) is 4.05. The normalized spacial score (nSPS) is 12.2. The van der Waals surface area contributed by atoms with Gasteiger partial charge in [-0.1, -0.05) is 0 Å². The molecule has 0 aliphatic rings. The van der Waals surface area contributed by atoms with Crippen molar-refractivity contribution in [1.82, 2.24) is 0 Å². The van der Waals surface area contributed by atoms with Gasteiger partial charge in [0.25, 0.3) is 0 Å². The van der Waals surface area contributed by atoms with E-state index in [0.29, 0.717) is 119 Å². The molecule has 0 fully saturated rings. The minimum absolute atomic E-state index is 0.238. The Hall–Kier alpha value is -0.183. The highest BCUT2D eigenvalue weighted by Gasteiger charge is 2.13. The van der Waals surface area contributed by atoms with Crippen LogP contribution in [0.3, 0.4) is 0 Å². The summed E-state index contributed by atoms with van der Waals surface area (Å²) in [6.45, 7) is 20.6. The van der Waals surface area contributed by atoms with Crippen LogP contribution in [-0.2, 0) is 47.1 Å². The lowest BCUT2D eigenvalue weighted by Crippen LogP contribution is -2.27. The quantitative estimate of drug-likeness (QED) is 0.106. The SMILES string of the molecule is CC(C)OCCOCCOCCOCCOCCOCCOCCOCCOCCO[Si](C)(C)C. The fourth-order valence-electron chi connectivity index (χ4n) is 2.39. The third kappa shape index (κ3) is 33.8. The molecule has 0 aromatic carbocycles. The second-order valence-electron chi connectivity index (χ2n) is 8.78. The van der Waals surface area contributed by atoms with Gasteiger partial charge < -0.3 is 47.1 Å². The molecule has 0 atom stereocenters. The molecule has 0 N–H and O–H groups in total. The zero-order valence-electron chi connectivity index (χ0n) is 22.9. The van der Waals surface area contributed by atoms with Crippen molar-refractivity contribution in [3.63, 3.8) is 0 Å². The van der Waals surface area contributed by atoms with E-state index in [-0.39, 0.29) is 6.10 Å². The molecule has 10 nitrogen and oxygen atoms in total. The largest absolute Gasteiger partial charge is 0.415 e. The molecule has 0 amide bonds. The van der Waals surface area contributed by atoms with E-state index in [1.54, 1.807) is 0 Å². The molecule has 0 spiro atoms. The second kappa shape index (κ2) is 26.9. The van der Waals surface area contributed by atoms with Gasteiger partial charge in [0.1, 0.15) is 0 Å². The van der Waals surface area contributed by atoms with Crippen LogP contribution in [0.15, 0.2) is 0 Å². The van der Waals surface area contributed by atoms with Crippen molar-refractivity contribution in [3.8, 4) is 0 Å². The van der Waals surface area contributed by atoms with Crippen LogP contribution in [0, 0.1) is 0 Å². The lowest BCUT2D eigenvalue weighted by molar-refractivity contribution is -0.0271. The van der Waals surface area contributed by atoms with Gasteiger partial charge in [-0.25, -0.2) is 0 Å². The highest BCUT2D eigenvalue weighted by Crippen LogP contribution is 2.01. The zero-order valence-corrected chi connectivity index (χ0v) is 23.9. The lowest BCUT2D eigenvalue weighted by atomic mass is 10.5. The summed E-state index contributed by atoms with van der Waals surface area (Å²) in [4.78, 5) is 0. The van der Waals surface area contributed by atoms with Crippen molar-refractivity contribution >= 4 is 8.32 Å². The molecule has 0 rings (SSSR count). The number of hydrogen-bond donors (Lipinski definition) is 0. The molecule has 0 aliphatic heterocycles. The Balaban J connectivity index is 3.04. The van der Waals surface area contributed by atoms with E-state index in [1.165, 1.54) is 0 Å². The molecule has 0 aromatic heterocycles. The first-order valence-corrected chi connectivity index (χ1v) is 16.2. The average molecular weight is 529 g/mol. The maximum Gasteiger partial charge on any atom is 0.183 e. The Labute approximate surface area is 214 Å². The maximum atomic E-state index is 5.71. The summed E-state index contributed by atoms with van der Waals surface area (Å²) in [7, 11) is -1.44. The number of rotatable bonds is 29. The number of ether oxygens (including phenoxy) is 9. The van der Waals surface area contributed by atoms with Crippen molar-refractivity contribution < 1.29 is 47.1 Å². The van der Waals surface area contributed by atoms with Crippen LogP contribution in [0.25, 0.3) is 0 Å². The predicted molar refractivity (Wildman–Crippen MR) is 137 cm³/mol. The van der Waals surface area contributed by atoms with E-state index in [0.717, 1.165) is 0 Å². The van der Waals surface area contributed by atoms with Crippen molar-refractivity contribution in [2.75, 3.05) is 119 Å². The van der Waals surface area contributed by atoms with E-state index in [2.05, 4.69) is 19.6 Å². The highest BCUT2D eigenvalue weighted by atomic mass is 28.4. The summed E-state index contributed by atoms with van der Waals surface area (Å²) in [6.07, 6.45) is 0.238. The first-order valence-electron chi connectivity index (χ1n) is 12.8. The lowest BCUT2D eigenvalue weighted by Gasteiger charge is -2.16. The van der Waals surface area contributed by atoms with E-state index >= 15 is 0 Å². The van der Waals surface area contributed by atoms with Crippen LogP contribution in [0.1, 0.15) is 13.8 Å². The van der Waals surface area contributed by atoms with Crippen LogP contribution < -0.4 is 0 Å². The fourth-order valence-corrected chi connectivity index (χ4v) is 3.09. The minimum atomic E-state index is -1.44. The van der Waals surface area contributed by atoms with Gasteiger partial charge in [0, 0.05) is 0 Å². The Morgan fingerprint density at radius 2 is 0.600 bits per heavy atom. The minimum Gasteiger partial charge on any atom is -0.415 e. The molecule has 0 aromatic rings. The fraction of sp³-hybridized carbons (Fsp3) is 1.00. The van der Waals surface area contributed by atoms with Gasteiger partial charge >= 0.3 is 0 Å². The summed E-state index contributed by atoms with van der Waals surface area (Å²) in [5.41, 5.74) is 0. The first-order chi connectivity index (χ1) is 16.9. The summed E-state index contributed by atoms with van der Waals surface area (Å²) < 4.78 is 54.6. The van der Waals surface area contributed by atoms with Crippen LogP contribution >= 0.6 is 0 Å². The molecule has 0 bridgehead atoms. The Morgan fingerprint density at radius 1 is 0.371 bits per heavy atom. The molecule has 0 heterocycles. The van der Waals surface area contributed by atoms with E-state index in [1.807, 2.05) is 13.8 Å². The second-order valence-corrected chi connectivity index (χ2v) is 13.3. The van der Waals surface area contributed by atoms with Gasteiger partial charge in [-0.3, -0.25) is 0 Å². The van der Waals surface area contributed by atoms with Crippen molar-refractivity contribution in [2.24, 2.45) is 0 Å². The third-order valence-corrected chi connectivity index (χ3v) is 5.12. The van der Waals surface area contributed by atoms with Gasteiger partial charge in [0.2, 0.25) is 0 Å². The molecule has 212 valence electrons. The van der Waals surface area contributed by atoms with Gasteiger partial charge in [-0.05, 0) is 33.5 Å². The topological polar surface area (TPSA) is 92.3 Å². The van der Waals surface area contributed by atoms with Crippen molar-refractivity contribution in [3.05, 3.63) is 0 Å². The van der Waals surface area contributed by atoms with Crippen LogP contribution in [0.2, 0.25) is 19.6 Å². The summed E-state index contributed by atoms with van der Waals surface area (Å²) in [5.74, 6) is 0. The molecule has 0 saturated carbocycles. The molecule has 0 radical (unpaired) electrons. The van der Waals surface area contributed by atoms with Gasteiger partial charge in [0.15, 0.2) is 8.32 Å². The number of hydrogen-bond acceptors (Lipinski definition) is 10. The van der Waals surface area contributed by atoms with Crippen LogP contribution in [-0.4, -0.2) is 133 Å². The van der Waals surface area contributed by atoms with E-state index < -0.39 is 8.32 Å². The smallest absolute Gasteiger partial charge is 0.183 e. The molecule has 0 saturated heterocycles. The monoisotopic (exact) mass is 528 g/mol. The van der Waals surface area contributed by atoms with E-state index in [4.69, 9.17) is 47.1 Å². The Kier molecular flexibility index (Phi) is 26.7. The molecular formula is C24H52O10Si. The zero-order chi connectivity index (χ0) is 25.9. The standard InChI is InChI=1S/C24H52O10Si/c1-24(2)33-22-20-31-18-16-29-14-12-27-10-8-25-6-7-26-9-11-28-13-15-30-17-19-32-21-23-34-35(3,4)5/h24H,6-23H2,1-5H3. The molecule has 11 heteroatoms. The van der Waals surface area contributed by atoms with Gasteiger partial charge in [-0.2, -0.15) is 0 Å². The van der Waals surface area contributed by atoms with Crippen molar-refractivity contribution in [2.45, 2.75) is 39.6 Å². The van der Waals surface area contributed by atoms with Crippen LogP contribution in [0.4, 0.5) is 0 Å². The molecule has 0 aliphatic carbocycles. The Morgan fingerprint density at radius 3 is 0.829 bits per heavy atom. The van der Waals surface area contributed by atoms with Gasteiger partial charge in [-0.15, -0.1) is 0 Å². The molecule has 35 heavy (non-hydrogen) atoms. The van der Waals surface area contributed by atoms with Crippen molar-refractivity contribution in [1.29, 1.82) is 0 Å². The predicted octanol–water partition coefficient (Wildman–Crippen LogP) is 2.40. The summed E-state index contributed by atoms with van der Waals surface area (Å²) >= 11 is 0. The van der Waals surface area contributed by atoms with Gasteiger partial charge in [0.05, 0.1) is 125 Å². The van der Waals surface area contributed by atoms with E-state index in [9.17, 15) is 0 Å². The molecule has 0 unspecified atom stereocenters. The average Bonchev–Trinajstić information content (AvgIpc) is 2.80. The first kappa shape index (κ1) is 34.8. The van der Waals surface area contributed by atoms with Crippen LogP contribution in [0.5, 0.6) is 0 Å². The summed E-state index contributed by atoms with van der Waals surface area (Å²) in [6, 6.07) is 0. The highest BCUT2D eigenvalue weighted by molar-refractivity contribution is 6.69. The maximum absolute atomic E-state index is 5.71. The summed E-state index contributed by atoms with van der Waals surface area (Å²) in [5, 5.41) is 0.